The molecule has 1 saturated heterocycles. The minimum absolute atomic E-state index is 0.663. The van der Waals surface area contributed by atoms with Crippen molar-refractivity contribution in [2.75, 3.05) is 13.1 Å². The molecule has 16 heavy (non-hydrogen) atoms. The molecule has 0 bridgehead atoms. The van der Waals surface area contributed by atoms with Crippen molar-refractivity contribution >= 4 is 11.3 Å². The van der Waals surface area contributed by atoms with Crippen LogP contribution in [0.1, 0.15) is 31.6 Å². The van der Waals surface area contributed by atoms with Crippen molar-refractivity contribution in [3.63, 3.8) is 0 Å². The normalized spacial score (nSPS) is 27.1. The van der Waals surface area contributed by atoms with E-state index in [2.05, 4.69) is 29.0 Å². The fourth-order valence-electron chi connectivity index (χ4n) is 2.32. The highest BCUT2D eigenvalue weighted by atomic mass is 32.1. The van der Waals surface area contributed by atoms with Crippen molar-refractivity contribution in [3.8, 4) is 0 Å². The molecule has 0 spiro atoms. The summed E-state index contributed by atoms with van der Waals surface area (Å²) in [5.74, 6) is 0. The van der Waals surface area contributed by atoms with Gasteiger partial charge < -0.3 is 5.32 Å². The summed E-state index contributed by atoms with van der Waals surface area (Å²) in [6.07, 6.45) is 4.44. The number of piperazine rings is 1. The van der Waals surface area contributed by atoms with Crippen molar-refractivity contribution in [1.29, 1.82) is 0 Å². The summed E-state index contributed by atoms with van der Waals surface area (Å²) in [4.78, 5) is 8.15. The van der Waals surface area contributed by atoms with Crippen LogP contribution in [0.3, 0.4) is 0 Å². The number of nitrogens with zero attached hydrogens (tertiary/aromatic N) is 2. The third kappa shape index (κ3) is 2.81. The molecule has 0 aliphatic carbocycles. The van der Waals surface area contributed by atoms with Crippen molar-refractivity contribution in [2.24, 2.45) is 0 Å². The molecule has 3 nitrogen and oxygen atoms in total. The number of rotatable bonds is 4. The van der Waals surface area contributed by atoms with Crippen LogP contribution in [0.4, 0.5) is 0 Å². The summed E-state index contributed by atoms with van der Waals surface area (Å²) in [5.41, 5.74) is 1.93. The molecule has 1 aromatic rings. The van der Waals surface area contributed by atoms with E-state index in [1.807, 2.05) is 11.7 Å². The second-order valence-electron chi connectivity index (χ2n) is 4.47. The van der Waals surface area contributed by atoms with Gasteiger partial charge in [-0.05, 0) is 12.8 Å². The van der Waals surface area contributed by atoms with E-state index >= 15 is 0 Å². The van der Waals surface area contributed by atoms with Crippen LogP contribution in [0.5, 0.6) is 0 Å². The Hall–Kier alpha value is -0.450. The molecule has 90 valence electrons. The predicted molar refractivity (Wildman–Crippen MR) is 68.7 cm³/mol. The van der Waals surface area contributed by atoms with Crippen LogP contribution in [0, 0.1) is 0 Å². The second kappa shape index (κ2) is 5.75. The van der Waals surface area contributed by atoms with E-state index in [1.165, 1.54) is 24.3 Å². The number of nitrogens with one attached hydrogen (secondary N) is 1. The Morgan fingerprint density at radius 2 is 2.38 bits per heavy atom. The van der Waals surface area contributed by atoms with Gasteiger partial charge in [-0.1, -0.05) is 13.8 Å². The number of hydrogen-bond donors (Lipinski definition) is 1. The van der Waals surface area contributed by atoms with Gasteiger partial charge in [-0.3, -0.25) is 9.88 Å². The van der Waals surface area contributed by atoms with Crippen LogP contribution in [0.15, 0.2) is 11.7 Å². The number of thiazole rings is 1. The molecule has 1 aliphatic heterocycles. The summed E-state index contributed by atoms with van der Waals surface area (Å²) in [6, 6.07) is 1.35. The first-order chi connectivity index (χ1) is 7.83. The lowest BCUT2D eigenvalue weighted by Gasteiger charge is -2.39. The molecule has 2 unspecified atom stereocenters. The highest BCUT2D eigenvalue weighted by Crippen LogP contribution is 2.17. The predicted octanol–water partition coefficient (Wildman–Crippen LogP) is 2.11. The third-order valence-corrected chi connectivity index (χ3v) is 4.18. The Morgan fingerprint density at radius 1 is 1.50 bits per heavy atom. The molecule has 1 N–H and O–H groups in total. The van der Waals surface area contributed by atoms with Crippen LogP contribution < -0.4 is 5.32 Å². The van der Waals surface area contributed by atoms with Gasteiger partial charge in [0.25, 0.3) is 0 Å². The molecule has 2 rings (SSSR count). The van der Waals surface area contributed by atoms with Crippen molar-refractivity contribution in [1.82, 2.24) is 15.2 Å². The van der Waals surface area contributed by atoms with E-state index in [1.54, 1.807) is 11.3 Å². The monoisotopic (exact) mass is 239 g/mol. The summed E-state index contributed by atoms with van der Waals surface area (Å²) in [7, 11) is 0. The summed E-state index contributed by atoms with van der Waals surface area (Å²) in [5, 5.41) is 3.63. The Morgan fingerprint density at radius 3 is 3.00 bits per heavy atom. The number of hydrogen-bond acceptors (Lipinski definition) is 4. The zero-order valence-electron chi connectivity index (χ0n) is 10.1. The zero-order chi connectivity index (χ0) is 11.4. The summed E-state index contributed by atoms with van der Waals surface area (Å²) < 4.78 is 0. The first-order valence-corrected chi connectivity index (χ1v) is 7.06. The Bertz CT molecular complexity index is 299. The van der Waals surface area contributed by atoms with Crippen LogP contribution in [0.25, 0.3) is 0 Å². The molecule has 0 amide bonds. The van der Waals surface area contributed by atoms with Gasteiger partial charge >= 0.3 is 0 Å². The lowest BCUT2D eigenvalue weighted by Crippen LogP contribution is -2.55. The van der Waals surface area contributed by atoms with E-state index in [4.69, 9.17) is 0 Å². The van der Waals surface area contributed by atoms with E-state index in [0.29, 0.717) is 12.1 Å². The molecule has 1 aromatic heterocycles. The van der Waals surface area contributed by atoms with Gasteiger partial charge in [-0.2, -0.15) is 0 Å². The SMILES string of the molecule is CCC1CN(Cc2cncs2)C(CC)CN1. The van der Waals surface area contributed by atoms with Crippen LogP contribution >= 0.6 is 11.3 Å². The standard InChI is InChI=1S/C12H21N3S/c1-3-10-7-15(11(4-2)5-14-10)8-12-6-13-9-16-12/h6,9-11,14H,3-5,7-8H2,1-2H3. The Balaban J connectivity index is 1.97. The molecular weight excluding hydrogens is 218 g/mol. The smallest absolute Gasteiger partial charge is 0.0794 e. The number of aromatic nitrogens is 1. The molecule has 0 radical (unpaired) electrons. The highest BCUT2D eigenvalue weighted by molar-refractivity contribution is 7.09. The molecule has 0 aromatic carbocycles. The van der Waals surface area contributed by atoms with Crippen LogP contribution in [-0.4, -0.2) is 35.1 Å². The van der Waals surface area contributed by atoms with Crippen molar-refractivity contribution < 1.29 is 0 Å². The first-order valence-electron chi connectivity index (χ1n) is 6.18. The van der Waals surface area contributed by atoms with Gasteiger partial charge in [0.1, 0.15) is 0 Å². The fraction of sp³-hybridized carbons (Fsp3) is 0.750. The van der Waals surface area contributed by atoms with Gasteiger partial charge in [-0.25, -0.2) is 0 Å². The van der Waals surface area contributed by atoms with Crippen LogP contribution in [0.2, 0.25) is 0 Å². The third-order valence-electron chi connectivity index (χ3n) is 3.42. The Labute approximate surface area is 102 Å². The van der Waals surface area contributed by atoms with E-state index < -0.39 is 0 Å². The lowest BCUT2D eigenvalue weighted by atomic mass is 10.1. The molecule has 2 heterocycles. The topological polar surface area (TPSA) is 28.2 Å². The molecule has 4 heteroatoms. The van der Waals surface area contributed by atoms with Crippen LogP contribution in [-0.2, 0) is 6.54 Å². The fourth-order valence-corrected chi connectivity index (χ4v) is 2.94. The van der Waals surface area contributed by atoms with E-state index in [9.17, 15) is 0 Å². The first kappa shape index (κ1) is 12.0. The average molecular weight is 239 g/mol. The Kier molecular flexibility index (Phi) is 4.32. The molecule has 1 aliphatic rings. The van der Waals surface area contributed by atoms with Gasteiger partial charge in [0, 0.05) is 42.8 Å². The summed E-state index contributed by atoms with van der Waals surface area (Å²) >= 11 is 1.76. The highest BCUT2D eigenvalue weighted by Gasteiger charge is 2.25. The van der Waals surface area contributed by atoms with E-state index in [-0.39, 0.29) is 0 Å². The molecule has 1 fully saturated rings. The lowest BCUT2D eigenvalue weighted by molar-refractivity contribution is 0.118. The molecular formula is C12H21N3S. The van der Waals surface area contributed by atoms with Gasteiger partial charge in [-0.15, -0.1) is 11.3 Å². The maximum absolute atomic E-state index is 4.15. The van der Waals surface area contributed by atoms with Gasteiger partial charge in [0.05, 0.1) is 5.51 Å². The minimum atomic E-state index is 0.663. The van der Waals surface area contributed by atoms with E-state index in [0.717, 1.165) is 13.1 Å². The summed E-state index contributed by atoms with van der Waals surface area (Å²) in [6.45, 7) is 7.91. The molecule has 0 saturated carbocycles. The largest absolute Gasteiger partial charge is 0.311 e. The molecule has 2 atom stereocenters. The minimum Gasteiger partial charge on any atom is -0.311 e. The second-order valence-corrected chi connectivity index (χ2v) is 5.44. The zero-order valence-corrected chi connectivity index (χ0v) is 11.0. The van der Waals surface area contributed by atoms with Crippen molar-refractivity contribution in [2.45, 2.75) is 45.3 Å². The maximum Gasteiger partial charge on any atom is 0.0794 e. The maximum atomic E-state index is 4.15. The van der Waals surface area contributed by atoms with Crippen molar-refractivity contribution in [3.05, 3.63) is 16.6 Å². The van der Waals surface area contributed by atoms with Gasteiger partial charge in [0.2, 0.25) is 0 Å². The van der Waals surface area contributed by atoms with Gasteiger partial charge in [0.15, 0.2) is 0 Å². The quantitative estimate of drug-likeness (QED) is 0.872. The average Bonchev–Trinajstić information content (AvgIpc) is 2.82.